The summed E-state index contributed by atoms with van der Waals surface area (Å²) in [6, 6.07) is 19.6. The lowest BCUT2D eigenvalue weighted by molar-refractivity contribution is -0.128. The number of amides is 2. The van der Waals surface area contributed by atoms with E-state index in [1.807, 2.05) is 75.4 Å². The number of rotatable bonds is 6. The number of anilines is 2. The van der Waals surface area contributed by atoms with Crippen LogP contribution < -0.4 is 19.3 Å². The Morgan fingerprint density at radius 2 is 1.48 bits per heavy atom. The van der Waals surface area contributed by atoms with Crippen molar-refractivity contribution in [3.8, 4) is 11.5 Å². The third kappa shape index (κ3) is 4.42. The molecular weight excluding hydrogens is 416 g/mol. The number of benzene rings is 3. The summed E-state index contributed by atoms with van der Waals surface area (Å²) in [4.78, 5) is 30.5. The number of nitrogens with zero attached hydrogens (tertiary/aromatic N) is 2. The summed E-state index contributed by atoms with van der Waals surface area (Å²) in [5, 5.41) is 0. The SMILES string of the molecule is CCOc1ccc(N2C(=O)CN(c3ccc(C)c(C)c3)C(=O)C2c2ccc(OC)cc2)cc1. The summed E-state index contributed by atoms with van der Waals surface area (Å²) in [5.74, 6) is 1.09. The molecule has 0 radical (unpaired) electrons. The van der Waals surface area contributed by atoms with Crippen molar-refractivity contribution < 1.29 is 19.1 Å². The van der Waals surface area contributed by atoms with Crippen molar-refractivity contribution >= 4 is 23.2 Å². The van der Waals surface area contributed by atoms with Crippen LogP contribution >= 0.6 is 0 Å². The molecule has 1 atom stereocenters. The van der Waals surface area contributed by atoms with Crippen molar-refractivity contribution in [2.45, 2.75) is 26.8 Å². The number of aryl methyl sites for hydroxylation is 2. The summed E-state index contributed by atoms with van der Waals surface area (Å²) in [6.07, 6.45) is 0. The van der Waals surface area contributed by atoms with E-state index in [9.17, 15) is 9.59 Å². The van der Waals surface area contributed by atoms with E-state index in [4.69, 9.17) is 9.47 Å². The normalized spacial score (nSPS) is 16.2. The van der Waals surface area contributed by atoms with Crippen molar-refractivity contribution in [2.75, 3.05) is 30.1 Å². The molecular formula is C27H28N2O4. The zero-order valence-corrected chi connectivity index (χ0v) is 19.4. The zero-order valence-electron chi connectivity index (χ0n) is 19.4. The number of carbonyl (C=O) groups is 2. The lowest BCUT2D eigenvalue weighted by atomic mass is 9.98. The Morgan fingerprint density at radius 1 is 0.848 bits per heavy atom. The summed E-state index contributed by atoms with van der Waals surface area (Å²) < 4.78 is 10.8. The minimum Gasteiger partial charge on any atom is -0.497 e. The second-order valence-corrected chi connectivity index (χ2v) is 8.06. The number of hydrogen-bond donors (Lipinski definition) is 0. The van der Waals surface area contributed by atoms with E-state index in [2.05, 4.69) is 0 Å². The van der Waals surface area contributed by atoms with E-state index in [1.165, 1.54) is 0 Å². The first-order chi connectivity index (χ1) is 15.9. The van der Waals surface area contributed by atoms with Crippen molar-refractivity contribution in [3.63, 3.8) is 0 Å². The highest BCUT2D eigenvalue weighted by molar-refractivity contribution is 6.14. The fourth-order valence-electron chi connectivity index (χ4n) is 4.04. The van der Waals surface area contributed by atoms with E-state index >= 15 is 0 Å². The molecule has 1 saturated heterocycles. The zero-order chi connectivity index (χ0) is 23.5. The van der Waals surface area contributed by atoms with Crippen molar-refractivity contribution in [1.29, 1.82) is 0 Å². The summed E-state index contributed by atoms with van der Waals surface area (Å²) in [6.45, 7) is 6.47. The molecule has 1 fully saturated rings. The fourth-order valence-corrected chi connectivity index (χ4v) is 4.04. The van der Waals surface area contributed by atoms with Gasteiger partial charge < -0.3 is 14.4 Å². The first kappa shape index (κ1) is 22.4. The smallest absolute Gasteiger partial charge is 0.255 e. The van der Waals surface area contributed by atoms with E-state index in [0.717, 1.165) is 28.1 Å². The van der Waals surface area contributed by atoms with Crippen LogP contribution in [0.3, 0.4) is 0 Å². The van der Waals surface area contributed by atoms with Crippen LogP contribution in [0.2, 0.25) is 0 Å². The highest BCUT2D eigenvalue weighted by Gasteiger charge is 2.42. The second kappa shape index (κ2) is 9.36. The van der Waals surface area contributed by atoms with Crippen LogP contribution in [-0.4, -0.2) is 32.1 Å². The maximum Gasteiger partial charge on any atom is 0.255 e. The summed E-state index contributed by atoms with van der Waals surface area (Å²) >= 11 is 0. The molecule has 170 valence electrons. The molecule has 3 aromatic carbocycles. The Balaban J connectivity index is 1.77. The Morgan fingerprint density at radius 3 is 2.09 bits per heavy atom. The van der Waals surface area contributed by atoms with Crippen LogP contribution in [0.25, 0.3) is 0 Å². The standard InChI is InChI=1S/C27H28N2O4/c1-5-33-24-14-10-21(11-15-24)29-25(30)17-28(22-9-6-18(2)19(3)16-22)27(31)26(29)20-7-12-23(32-4)13-8-20/h6-16,26H,5,17H2,1-4H3. The lowest BCUT2D eigenvalue weighted by Crippen LogP contribution is -2.56. The Bertz CT molecular complexity index is 1160. The molecule has 0 bridgehead atoms. The van der Waals surface area contributed by atoms with Crippen LogP contribution in [0.5, 0.6) is 11.5 Å². The van der Waals surface area contributed by atoms with Crippen LogP contribution in [0.4, 0.5) is 11.4 Å². The van der Waals surface area contributed by atoms with Gasteiger partial charge in [-0.3, -0.25) is 14.5 Å². The van der Waals surface area contributed by atoms with Crippen LogP contribution in [0, 0.1) is 13.8 Å². The van der Waals surface area contributed by atoms with Gasteiger partial charge in [0.25, 0.3) is 5.91 Å². The predicted octanol–water partition coefficient (Wildman–Crippen LogP) is 4.83. The first-order valence-corrected chi connectivity index (χ1v) is 11.0. The highest BCUT2D eigenvalue weighted by Crippen LogP contribution is 2.36. The third-order valence-electron chi connectivity index (χ3n) is 5.98. The van der Waals surface area contributed by atoms with Crippen molar-refractivity contribution in [2.24, 2.45) is 0 Å². The van der Waals surface area contributed by atoms with Gasteiger partial charge >= 0.3 is 0 Å². The van der Waals surface area contributed by atoms with Gasteiger partial charge in [0, 0.05) is 11.4 Å². The average Bonchev–Trinajstić information content (AvgIpc) is 2.83. The van der Waals surface area contributed by atoms with Gasteiger partial charge in [0.05, 0.1) is 13.7 Å². The molecule has 6 heteroatoms. The number of hydrogen-bond acceptors (Lipinski definition) is 4. The van der Waals surface area contributed by atoms with Crippen LogP contribution in [0.15, 0.2) is 66.7 Å². The van der Waals surface area contributed by atoms with Gasteiger partial charge in [-0.15, -0.1) is 0 Å². The first-order valence-electron chi connectivity index (χ1n) is 11.0. The number of carbonyl (C=O) groups excluding carboxylic acids is 2. The van der Waals surface area contributed by atoms with Crippen LogP contribution in [0.1, 0.15) is 29.7 Å². The second-order valence-electron chi connectivity index (χ2n) is 8.06. The van der Waals surface area contributed by atoms with Gasteiger partial charge in [0.2, 0.25) is 5.91 Å². The average molecular weight is 445 g/mol. The molecule has 1 aliphatic heterocycles. The van der Waals surface area contributed by atoms with E-state index < -0.39 is 6.04 Å². The number of ether oxygens (including phenoxy) is 2. The minimum atomic E-state index is -0.795. The molecule has 4 rings (SSSR count). The number of piperazine rings is 1. The third-order valence-corrected chi connectivity index (χ3v) is 5.98. The molecule has 1 aliphatic rings. The van der Waals surface area contributed by atoms with Crippen molar-refractivity contribution in [1.82, 2.24) is 0 Å². The maximum atomic E-state index is 13.9. The largest absolute Gasteiger partial charge is 0.497 e. The molecule has 2 amide bonds. The van der Waals surface area contributed by atoms with Gasteiger partial charge in [0.1, 0.15) is 24.1 Å². The summed E-state index contributed by atoms with van der Waals surface area (Å²) in [5.41, 5.74) is 4.30. The van der Waals surface area contributed by atoms with Gasteiger partial charge in [-0.05, 0) is 86.0 Å². The van der Waals surface area contributed by atoms with Gasteiger partial charge in [0.15, 0.2) is 0 Å². The van der Waals surface area contributed by atoms with E-state index in [1.54, 1.807) is 29.0 Å². The van der Waals surface area contributed by atoms with Crippen LogP contribution in [-0.2, 0) is 9.59 Å². The van der Waals surface area contributed by atoms with E-state index in [0.29, 0.717) is 18.0 Å². The molecule has 0 N–H and O–H groups in total. The molecule has 0 spiro atoms. The van der Waals surface area contributed by atoms with E-state index in [-0.39, 0.29) is 18.4 Å². The monoisotopic (exact) mass is 444 g/mol. The van der Waals surface area contributed by atoms with Gasteiger partial charge in [-0.2, -0.15) is 0 Å². The molecule has 0 aliphatic carbocycles. The topological polar surface area (TPSA) is 59.1 Å². The van der Waals surface area contributed by atoms with Gasteiger partial charge in [-0.1, -0.05) is 18.2 Å². The number of methoxy groups -OCH3 is 1. The molecule has 1 heterocycles. The predicted molar refractivity (Wildman–Crippen MR) is 129 cm³/mol. The Hall–Kier alpha value is -3.80. The van der Waals surface area contributed by atoms with Crippen molar-refractivity contribution in [3.05, 3.63) is 83.4 Å². The molecule has 33 heavy (non-hydrogen) atoms. The summed E-state index contributed by atoms with van der Waals surface area (Å²) in [7, 11) is 1.60. The highest BCUT2D eigenvalue weighted by atomic mass is 16.5. The molecule has 0 aromatic heterocycles. The molecule has 6 nitrogen and oxygen atoms in total. The molecule has 1 unspecified atom stereocenters. The van der Waals surface area contributed by atoms with Gasteiger partial charge in [-0.25, -0.2) is 0 Å². The Labute approximate surface area is 194 Å². The Kier molecular flexibility index (Phi) is 6.36. The molecule has 0 saturated carbocycles. The lowest BCUT2D eigenvalue weighted by Gasteiger charge is -2.40. The maximum absolute atomic E-state index is 13.9. The molecule has 3 aromatic rings. The minimum absolute atomic E-state index is 0.0266. The quantitative estimate of drug-likeness (QED) is 0.546. The fraction of sp³-hybridized carbons (Fsp3) is 0.259.